The summed E-state index contributed by atoms with van der Waals surface area (Å²) in [4.78, 5) is 8.48. The first kappa shape index (κ1) is 20.6. The molecule has 0 spiro atoms. The molecule has 8 rings (SSSR count). The van der Waals surface area contributed by atoms with E-state index in [1.165, 1.54) is 54.5 Å². The fourth-order valence-electron chi connectivity index (χ4n) is 6.28. The van der Waals surface area contributed by atoms with Gasteiger partial charge in [0, 0.05) is 38.9 Å². The van der Waals surface area contributed by atoms with Gasteiger partial charge in [-0.25, -0.2) is 0 Å². The Hall–Kier alpha value is -4.63. The topological polar surface area (TPSA) is 32.6 Å². The molecule has 37 heavy (non-hydrogen) atoms. The summed E-state index contributed by atoms with van der Waals surface area (Å²) in [6.45, 7) is 0.728. The molecule has 0 amide bonds. The number of dihydropyridines is 1. The van der Waals surface area contributed by atoms with E-state index in [1.807, 2.05) is 6.21 Å². The van der Waals surface area contributed by atoms with Crippen molar-refractivity contribution >= 4 is 45.1 Å². The second-order valence-corrected chi connectivity index (χ2v) is 9.92. The second kappa shape index (κ2) is 7.94. The van der Waals surface area contributed by atoms with Crippen LogP contribution in [0, 0.1) is 10.6 Å². The number of fused-ring (bicyclic) bond motifs is 7. The van der Waals surface area contributed by atoms with Crippen LogP contribution in [0.25, 0.3) is 50.1 Å². The molecule has 3 nitrogen and oxygen atoms in total. The minimum absolute atomic E-state index is 0.728. The van der Waals surface area contributed by atoms with Crippen LogP contribution < -0.4 is 5.35 Å². The lowest BCUT2D eigenvalue weighted by molar-refractivity contribution is 0.993. The first-order valence-electron chi connectivity index (χ1n) is 13.0. The number of para-hydroxylation sites is 2. The van der Waals surface area contributed by atoms with Crippen molar-refractivity contribution in [3.05, 3.63) is 124 Å². The maximum Gasteiger partial charge on any atom is 0.0616 e. The Labute approximate surface area is 214 Å². The smallest absolute Gasteiger partial charge is 0.0616 e. The third kappa shape index (κ3) is 2.98. The van der Waals surface area contributed by atoms with Gasteiger partial charge in [-0.2, -0.15) is 0 Å². The molecule has 176 valence electrons. The van der Waals surface area contributed by atoms with Gasteiger partial charge in [-0.05, 0) is 41.7 Å². The molecule has 1 N–H and O–H groups in total. The van der Waals surface area contributed by atoms with Crippen LogP contribution in [0.5, 0.6) is 0 Å². The van der Waals surface area contributed by atoms with Crippen LogP contribution in [-0.2, 0) is 6.42 Å². The van der Waals surface area contributed by atoms with Crippen molar-refractivity contribution in [3.63, 3.8) is 0 Å². The van der Waals surface area contributed by atoms with Gasteiger partial charge in [0.2, 0.25) is 0 Å². The third-order valence-corrected chi connectivity index (χ3v) is 7.86. The summed E-state index contributed by atoms with van der Waals surface area (Å²) in [6.07, 6.45) is 13.1. The van der Waals surface area contributed by atoms with Gasteiger partial charge in [0.15, 0.2) is 0 Å². The van der Waals surface area contributed by atoms with Crippen molar-refractivity contribution in [2.24, 2.45) is 4.99 Å². The molecule has 0 saturated carbocycles. The summed E-state index contributed by atoms with van der Waals surface area (Å²) in [5, 5.41) is 7.52. The summed E-state index contributed by atoms with van der Waals surface area (Å²) in [5.41, 5.74) is 8.67. The first-order chi connectivity index (χ1) is 18.4. The summed E-state index contributed by atoms with van der Waals surface area (Å²) < 4.78 is 2.51. The van der Waals surface area contributed by atoms with Gasteiger partial charge < -0.3 is 9.38 Å². The Morgan fingerprint density at radius 2 is 1.62 bits per heavy atom. The Bertz CT molecular complexity index is 2090. The molecule has 4 aliphatic rings. The van der Waals surface area contributed by atoms with Crippen LogP contribution in [0.4, 0.5) is 0 Å². The number of benzene rings is 3. The normalized spacial score (nSPS) is 16.3. The molecule has 0 fully saturated rings. The highest BCUT2D eigenvalue weighted by molar-refractivity contribution is 6.14. The van der Waals surface area contributed by atoms with Crippen LogP contribution in [0.2, 0.25) is 0 Å². The first-order valence-corrected chi connectivity index (χ1v) is 13.0. The highest BCUT2D eigenvalue weighted by Crippen LogP contribution is 2.36. The number of H-pyrrole nitrogens is 1. The van der Waals surface area contributed by atoms with Crippen molar-refractivity contribution in [3.8, 4) is 11.3 Å². The van der Waals surface area contributed by atoms with Gasteiger partial charge in [0.1, 0.15) is 0 Å². The number of nitrogens with one attached hydrogen (secondary N) is 1. The molecule has 4 aromatic rings. The molecule has 1 aromatic heterocycles. The number of aryl methyl sites for hydroxylation is 1. The van der Waals surface area contributed by atoms with E-state index in [4.69, 9.17) is 0 Å². The van der Waals surface area contributed by atoms with E-state index in [0.29, 0.717) is 0 Å². The molecule has 3 aromatic carbocycles. The number of aliphatic imine (C=N–C) groups is 1. The lowest BCUT2D eigenvalue weighted by Gasteiger charge is -2.12. The minimum atomic E-state index is 0.728. The summed E-state index contributed by atoms with van der Waals surface area (Å²) in [6, 6.07) is 28.6. The minimum Gasteiger partial charge on any atom is -0.354 e. The van der Waals surface area contributed by atoms with Crippen molar-refractivity contribution in [1.29, 1.82) is 0 Å². The number of hydrogen-bond donors (Lipinski definition) is 1. The van der Waals surface area contributed by atoms with Gasteiger partial charge in [-0.3, -0.25) is 4.99 Å². The number of aromatic nitrogens is 2. The molecule has 1 aliphatic carbocycles. The number of rotatable bonds is 1. The zero-order valence-corrected chi connectivity index (χ0v) is 20.4. The lowest BCUT2D eigenvalue weighted by Crippen LogP contribution is -2.19. The van der Waals surface area contributed by atoms with Crippen LogP contribution in [0.15, 0.2) is 102 Å². The van der Waals surface area contributed by atoms with Crippen LogP contribution >= 0.6 is 0 Å². The highest BCUT2D eigenvalue weighted by Gasteiger charge is 2.19. The molecule has 3 heteroatoms. The van der Waals surface area contributed by atoms with E-state index in [1.54, 1.807) is 0 Å². The second-order valence-electron chi connectivity index (χ2n) is 9.92. The largest absolute Gasteiger partial charge is 0.354 e. The average molecular weight is 476 g/mol. The van der Waals surface area contributed by atoms with Gasteiger partial charge in [0.05, 0.1) is 28.3 Å². The van der Waals surface area contributed by atoms with Crippen molar-refractivity contribution in [1.82, 2.24) is 9.38 Å². The van der Waals surface area contributed by atoms with E-state index >= 15 is 0 Å². The number of aromatic amines is 1. The zero-order valence-electron chi connectivity index (χ0n) is 20.4. The van der Waals surface area contributed by atoms with Crippen LogP contribution in [0.3, 0.4) is 0 Å². The van der Waals surface area contributed by atoms with Crippen LogP contribution in [0.1, 0.15) is 17.5 Å². The Morgan fingerprint density at radius 3 is 2.51 bits per heavy atom. The van der Waals surface area contributed by atoms with E-state index in [9.17, 15) is 0 Å². The Kier molecular flexibility index (Phi) is 4.41. The standard InChI is InChI=1S/C34H25N3/c1-2-10-22(11-3-1)29-20-31-32(33(36-29)23-12-9-19-35-21-23)26-15-5-4-13-24(26)27-16-8-17-28-25-14-6-7-18-30(25)37(31)34(27)28/h1-3,5-12,14-18,20-21,36H,4,13,19H2. The summed E-state index contributed by atoms with van der Waals surface area (Å²) in [7, 11) is 0. The van der Waals surface area contributed by atoms with E-state index < -0.39 is 0 Å². The molecular formula is C34H25N3. The Balaban J connectivity index is 1.78. The van der Waals surface area contributed by atoms with Crippen molar-refractivity contribution < 1.29 is 0 Å². The maximum absolute atomic E-state index is 4.62. The highest BCUT2D eigenvalue weighted by atomic mass is 14.9. The molecule has 0 atom stereocenters. The fourth-order valence-corrected chi connectivity index (χ4v) is 6.28. The molecule has 0 saturated heterocycles. The molecule has 3 aliphatic heterocycles. The quantitative estimate of drug-likeness (QED) is 0.266. The number of hydrogen-bond acceptors (Lipinski definition) is 1. The van der Waals surface area contributed by atoms with E-state index in [0.717, 1.165) is 36.0 Å². The predicted molar refractivity (Wildman–Crippen MR) is 155 cm³/mol. The number of nitrogens with zero attached hydrogens (tertiary/aromatic N) is 2. The third-order valence-electron chi connectivity index (χ3n) is 7.86. The van der Waals surface area contributed by atoms with Gasteiger partial charge in [-0.1, -0.05) is 91.0 Å². The van der Waals surface area contributed by atoms with E-state index in [-0.39, 0.29) is 0 Å². The lowest BCUT2D eigenvalue weighted by atomic mass is 9.93. The molecule has 0 unspecified atom stereocenters. The van der Waals surface area contributed by atoms with Crippen LogP contribution in [-0.4, -0.2) is 22.1 Å². The zero-order chi connectivity index (χ0) is 24.3. The summed E-state index contributed by atoms with van der Waals surface area (Å²) in [5.74, 6) is 0. The van der Waals surface area contributed by atoms with Gasteiger partial charge in [-0.15, -0.1) is 0 Å². The molecule has 4 heterocycles. The molecule has 0 radical (unpaired) electrons. The van der Waals surface area contributed by atoms with Crippen molar-refractivity contribution in [2.75, 3.05) is 6.54 Å². The maximum atomic E-state index is 4.62. The SMILES string of the molecule is C1=Cc2c(c3cccc4c5ccccc5n(c5cc(-c6ccccc6)[nH]c(=C6C=CCN=C6)c2=5)c34)CC1. The average Bonchev–Trinajstić information content (AvgIpc) is 3.25. The van der Waals surface area contributed by atoms with Gasteiger partial charge >= 0.3 is 0 Å². The molecule has 0 bridgehead atoms. The number of allylic oxidation sites excluding steroid dienone is 2. The monoisotopic (exact) mass is 475 g/mol. The molecular weight excluding hydrogens is 450 g/mol. The van der Waals surface area contributed by atoms with Crippen molar-refractivity contribution in [2.45, 2.75) is 12.8 Å². The van der Waals surface area contributed by atoms with E-state index in [2.05, 4.69) is 118 Å². The van der Waals surface area contributed by atoms with Gasteiger partial charge in [0.25, 0.3) is 0 Å². The Morgan fingerprint density at radius 1 is 0.784 bits per heavy atom. The predicted octanol–water partition coefficient (Wildman–Crippen LogP) is 7.00. The fraction of sp³-hybridized carbons (Fsp3) is 0.0882. The summed E-state index contributed by atoms with van der Waals surface area (Å²) >= 11 is 0.